The first-order valence-corrected chi connectivity index (χ1v) is 4.88. The number of hydrogen-bond acceptors (Lipinski definition) is 2. The summed E-state index contributed by atoms with van der Waals surface area (Å²) in [5.74, 6) is -2.41. The lowest BCUT2D eigenvalue weighted by Gasteiger charge is -2.10. The number of benzene rings is 1. The van der Waals surface area contributed by atoms with Gasteiger partial charge in [-0.3, -0.25) is 0 Å². The normalized spacial score (nSPS) is 11.4. The van der Waals surface area contributed by atoms with E-state index in [0.29, 0.717) is 12.1 Å². The molecule has 0 amide bonds. The molecule has 0 radical (unpaired) electrons. The maximum absolute atomic E-state index is 13.3. The second kappa shape index (κ2) is 4.91. The van der Waals surface area contributed by atoms with Crippen molar-refractivity contribution in [1.82, 2.24) is 0 Å². The van der Waals surface area contributed by atoms with Crippen LogP contribution in [-0.4, -0.2) is 12.6 Å². The van der Waals surface area contributed by atoms with E-state index >= 15 is 0 Å². The first-order chi connectivity index (χ1) is 7.77. The van der Waals surface area contributed by atoms with E-state index < -0.39 is 34.1 Å². The number of hydrogen-bond donors (Lipinski definition) is 0. The zero-order chi connectivity index (χ0) is 13.2. The quantitative estimate of drug-likeness (QED) is 0.605. The van der Waals surface area contributed by atoms with Crippen LogP contribution < -0.4 is 0 Å². The van der Waals surface area contributed by atoms with Gasteiger partial charge in [-0.15, -0.1) is 0 Å². The van der Waals surface area contributed by atoms with Gasteiger partial charge in [-0.2, -0.15) is 13.2 Å². The van der Waals surface area contributed by atoms with Crippen LogP contribution >= 0.6 is 11.6 Å². The van der Waals surface area contributed by atoms with Crippen molar-refractivity contribution in [2.24, 2.45) is 0 Å². The summed E-state index contributed by atoms with van der Waals surface area (Å²) in [5, 5.41) is -0.775. The summed E-state index contributed by atoms with van der Waals surface area (Å²) < 4.78 is 55.0. The molecule has 7 heteroatoms. The summed E-state index contributed by atoms with van der Waals surface area (Å²) in [4.78, 5) is 11.2. The van der Waals surface area contributed by atoms with Crippen LogP contribution in [0.15, 0.2) is 12.1 Å². The summed E-state index contributed by atoms with van der Waals surface area (Å²) in [6, 6.07) is 0.790. The van der Waals surface area contributed by atoms with Crippen LogP contribution in [0.5, 0.6) is 0 Å². The molecular weight excluding hydrogens is 264 g/mol. The summed E-state index contributed by atoms with van der Waals surface area (Å²) >= 11 is 5.29. The third-order valence-electron chi connectivity index (χ3n) is 1.85. The maximum atomic E-state index is 13.3. The van der Waals surface area contributed by atoms with Gasteiger partial charge in [-0.25, -0.2) is 9.18 Å². The van der Waals surface area contributed by atoms with Gasteiger partial charge in [0.05, 0.1) is 22.8 Å². The number of ether oxygens (including phenoxy) is 1. The summed E-state index contributed by atoms with van der Waals surface area (Å²) in [6.45, 7) is 1.37. The number of esters is 1. The van der Waals surface area contributed by atoms with E-state index in [1.807, 2.05) is 0 Å². The second-order valence-corrected chi connectivity index (χ2v) is 3.45. The monoisotopic (exact) mass is 270 g/mol. The maximum Gasteiger partial charge on any atom is 0.416 e. The molecule has 2 nitrogen and oxygen atoms in total. The third kappa shape index (κ3) is 3.09. The molecule has 0 heterocycles. The number of halogens is 5. The minimum atomic E-state index is -4.71. The molecule has 0 aliphatic carbocycles. The SMILES string of the molecule is CCOC(=O)c1cc(C(F)(F)F)cc(Cl)c1F. The molecule has 0 saturated carbocycles. The number of alkyl halides is 3. The first-order valence-electron chi connectivity index (χ1n) is 4.50. The second-order valence-electron chi connectivity index (χ2n) is 3.04. The molecule has 0 fully saturated rings. The van der Waals surface area contributed by atoms with Crippen LogP contribution in [0.2, 0.25) is 5.02 Å². The van der Waals surface area contributed by atoms with Gasteiger partial charge in [-0.05, 0) is 19.1 Å². The molecule has 1 rings (SSSR count). The van der Waals surface area contributed by atoms with Gasteiger partial charge < -0.3 is 4.74 Å². The zero-order valence-corrected chi connectivity index (χ0v) is 9.32. The average Bonchev–Trinajstić information content (AvgIpc) is 2.20. The largest absolute Gasteiger partial charge is 0.462 e. The lowest BCUT2D eigenvalue weighted by molar-refractivity contribution is -0.137. The zero-order valence-electron chi connectivity index (χ0n) is 8.57. The van der Waals surface area contributed by atoms with Gasteiger partial charge in [0.1, 0.15) is 0 Å². The van der Waals surface area contributed by atoms with E-state index in [1.165, 1.54) is 6.92 Å². The van der Waals surface area contributed by atoms with Crippen LogP contribution in [-0.2, 0) is 10.9 Å². The highest BCUT2D eigenvalue weighted by Crippen LogP contribution is 2.33. The molecule has 1 aromatic carbocycles. The number of rotatable bonds is 2. The Kier molecular flexibility index (Phi) is 3.98. The molecule has 0 aliphatic heterocycles. The summed E-state index contributed by atoms with van der Waals surface area (Å²) in [5.41, 5.74) is -2.03. The fourth-order valence-electron chi connectivity index (χ4n) is 1.11. The third-order valence-corrected chi connectivity index (χ3v) is 2.13. The number of carbonyl (C=O) groups is 1. The fraction of sp³-hybridized carbons (Fsp3) is 0.300. The van der Waals surface area contributed by atoms with Crippen molar-refractivity contribution in [1.29, 1.82) is 0 Å². The molecule has 1 aromatic rings. The van der Waals surface area contributed by atoms with Crippen molar-refractivity contribution in [3.63, 3.8) is 0 Å². The highest BCUT2D eigenvalue weighted by Gasteiger charge is 2.33. The Hall–Kier alpha value is -1.30. The average molecular weight is 271 g/mol. The Balaban J connectivity index is 3.30. The molecule has 0 atom stereocenters. The summed E-state index contributed by atoms with van der Waals surface area (Å²) in [6.07, 6.45) is -4.71. The summed E-state index contributed by atoms with van der Waals surface area (Å²) in [7, 11) is 0. The van der Waals surface area contributed by atoms with Gasteiger partial charge in [0.2, 0.25) is 0 Å². The lowest BCUT2D eigenvalue weighted by atomic mass is 10.1. The van der Waals surface area contributed by atoms with Gasteiger partial charge in [0, 0.05) is 0 Å². The minimum absolute atomic E-state index is 0.0772. The molecule has 94 valence electrons. The molecule has 0 N–H and O–H groups in total. The van der Waals surface area contributed by atoms with Crippen LogP contribution in [0.4, 0.5) is 17.6 Å². The van der Waals surface area contributed by atoms with Crippen molar-refractivity contribution in [2.75, 3.05) is 6.61 Å². The molecule has 0 spiro atoms. The molecule has 0 saturated heterocycles. The van der Waals surface area contributed by atoms with Gasteiger partial charge in [0.25, 0.3) is 0 Å². The van der Waals surface area contributed by atoms with E-state index in [9.17, 15) is 22.4 Å². The topological polar surface area (TPSA) is 26.3 Å². The van der Waals surface area contributed by atoms with Crippen molar-refractivity contribution >= 4 is 17.6 Å². The van der Waals surface area contributed by atoms with Crippen molar-refractivity contribution < 1.29 is 27.1 Å². The van der Waals surface area contributed by atoms with Gasteiger partial charge >= 0.3 is 12.1 Å². The van der Waals surface area contributed by atoms with Gasteiger partial charge in [0.15, 0.2) is 5.82 Å². The van der Waals surface area contributed by atoms with E-state index in [2.05, 4.69) is 4.74 Å². The Labute approximate surface area is 99.1 Å². The van der Waals surface area contributed by atoms with Crippen molar-refractivity contribution in [3.8, 4) is 0 Å². The smallest absolute Gasteiger partial charge is 0.416 e. The Morgan fingerprint density at radius 3 is 2.47 bits per heavy atom. The van der Waals surface area contributed by atoms with Gasteiger partial charge in [-0.1, -0.05) is 11.6 Å². The predicted octanol–water partition coefficient (Wildman–Crippen LogP) is 3.67. The van der Waals surface area contributed by atoms with Crippen LogP contribution in [0.1, 0.15) is 22.8 Å². The highest BCUT2D eigenvalue weighted by molar-refractivity contribution is 6.31. The molecule has 0 aromatic heterocycles. The van der Waals surface area contributed by atoms with E-state index in [0.717, 1.165) is 0 Å². The van der Waals surface area contributed by atoms with Crippen LogP contribution in [0.3, 0.4) is 0 Å². The number of carbonyl (C=O) groups excluding carboxylic acids is 1. The predicted molar refractivity (Wildman–Crippen MR) is 52.4 cm³/mol. The first kappa shape index (κ1) is 13.8. The van der Waals surface area contributed by atoms with E-state index in [4.69, 9.17) is 11.6 Å². The lowest BCUT2D eigenvalue weighted by Crippen LogP contribution is -2.12. The molecule has 0 bridgehead atoms. The Bertz CT molecular complexity index is 443. The minimum Gasteiger partial charge on any atom is -0.462 e. The fourth-order valence-corrected chi connectivity index (χ4v) is 1.33. The standard InChI is InChI=1S/C10H7ClF4O2/c1-2-17-9(16)6-3-5(10(13,14)15)4-7(11)8(6)12/h3-4H,2H2,1H3. The highest BCUT2D eigenvalue weighted by atomic mass is 35.5. The van der Waals surface area contributed by atoms with Crippen molar-refractivity contribution in [3.05, 3.63) is 34.1 Å². The van der Waals surface area contributed by atoms with Crippen molar-refractivity contribution in [2.45, 2.75) is 13.1 Å². The molecule has 17 heavy (non-hydrogen) atoms. The Morgan fingerprint density at radius 1 is 1.41 bits per heavy atom. The molecule has 0 aliphatic rings. The Morgan fingerprint density at radius 2 is 2.00 bits per heavy atom. The van der Waals surface area contributed by atoms with E-state index in [-0.39, 0.29) is 6.61 Å². The van der Waals surface area contributed by atoms with Crippen LogP contribution in [0.25, 0.3) is 0 Å². The molecular formula is C10H7ClF4O2. The van der Waals surface area contributed by atoms with Crippen LogP contribution in [0, 0.1) is 5.82 Å². The van der Waals surface area contributed by atoms with E-state index in [1.54, 1.807) is 0 Å². The molecule has 0 unspecified atom stereocenters.